The van der Waals surface area contributed by atoms with Crippen molar-refractivity contribution in [1.29, 1.82) is 0 Å². The first-order valence-corrected chi connectivity index (χ1v) is 6.80. The van der Waals surface area contributed by atoms with Crippen LogP contribution in [0.2, 0.25) is 0 Å². The molecule has 0 fully saturated rings. The van der Waals surface area contributed by atoms with E-state index < -0.39 is 10.0 Å². The first kappa shape index (κ1) is 13.9. The molecule has 5 heteroatoms. The molecular formula is C9H22N2O2S. The van der Waals surface area contributed by atoms with Crippen LogP contribution in [0.5, 0.6) is 0 Å². The van der Waals surface area contributed by atoms with Gasteiger partial charge in [-0.15, -0.1) is 0 Å². The molecule has 0 radical (unpaired) electrons. The van der Waals surface area contributed by atoms with Gasteiger partial charge in [0.2, 0.25) is 10.0 Å². The maximum Gasteiger partial charge on any atom is 0.211 e. The first-order chi connectivity index (χ1) is 6.48. The molecule has 0 rings (SSSR count). The molecule has 4 nitrogen and oxygen atoms in total. The highest BCUT2D eigenvalue weighted by atomic mass is 32.2. The second-order valence-corrected chi connectivity index (χ2v) is 5.82. The molecule has 0 aromatic carbocycles. The number of unbranched alkanes of at least 4 members (excludes halogenated alkanes) is 1. The minimum atomic E-state index is -3.05. The van der Waals surface area contributed by atoms with Crippen molar-refractivity contribution in [3.05, 3.63) is 0 Å². The van der Waals surface area contributed by atoms with Crippen LogP contribution in [-0.4, -0.2) is 27.3 Å². The number of rotatable bonds is 8. The molecule has 86 valence electrons. The predicted molar refractivity (Wildman–Crippen MR) is 59.5 cm³/mol. The number of nitrogens with one attached hydrogen (secondary N) is 1. The number of nitrogens with two attached hydrogens (primary N) is 1. The van der Waals surface area contributed by atoms with Crippen molar-refractivity contribution in [1.82, 2.24) is 4.72 Å². The summed E-state index contributed by atoms with van der Waals surface area (Å²) in [5, 5.41) is 0. The van der Waals surface area contributed by atoms with Crippen LogP contribution in [0.3, 0.4) is 0 Å². The second-order valence-electron chi connectivity index (χ2n) is 3.89. The van der Waals surface area contributed by atoms with Crippen LogP contribution in [0.15, 0.2) is 0 Å². The SMILES string of the molecule is CC(C)CCS(=O)(=O)NCCCCN. The largest absolute Gasteiger partial charge is 0.330 e. The van der Waals surface area contributed by atoms with Gasteiger partial charge in [-0.05, 0) is 31.7 Å². The summed E-state index contributed by atoms with van der Waals surface area (Å²) < 4.78 is 25.3. The van der Waals surface area contributed by atoms with Gasteiger partial charge in [-0.3, -0.25) is 0 Å². The first-order valence-electron chi connectivity index (χ1n) is 5.15. The normalized spacial score (nSPS) is 12.3. The third-order valence-corrected chi connectivity index (χ3v) is 3.33. The van der Waals surface area contributed by atoms with Gasteiger partial charge in [-0.2, -0.15) is 0 Å². The molecule has 0 spiro atoms. The molecule has 0 aliphatic carbocycles. The van der Waals surface area contributed by atoms with Crippen molar-refractivity contribution in [3.8, 4) is 0 Å². The van der Waals surface area contributed by atoms with E-state index in [1.165, 1.54) is 0 Å². The smallest absolute Gasteiger partial charge is 0.211 e. The third-order valence-electron chi connectivity index (χ3n) is 1.92. The van der Waals surface area contributed by atoms with Gasteiger partial charge in [0.25, 0.3) is 0 Å². The van der Waals surface area contributed by atoms with Gasteiger partial charge in [0.15, 0.2) is 0 Å². The third kappa shape index (κ3) is 8.47. The molecule has 0 amide bonds. The molecule has 14 heavy (non-hydrogen) atoms. The van der Waals surface area contributed by atoms with Crippen LogP contribution in [0.1, 0.15) is 33.1 Å². The van der Waals surface area contributed by atoms with Gasteiger partial charge in [-0.25, -0.2) is 13.1 Å². The van der Waals surface area contributed by atoms with Crippen molar-refractivity contribution in [2.75, 3.05) is 18.8 Å². The van der Waals surface area contributed by atoms with Crippen molar-refractivity contribution in [2.45, 2.75) is 33.1 Å². The second kappa shape index (κ2) is 7.20. The van der Waals surface area contributed by atoms with E-state index in [9.17, 15) is 8.42 Å². The summed E-state index contributed by atoms with van der Waals surface area (Å²) in [5.41, 5.74) is 5.30. The molecule has 3 N–H and O–H groups in total. The van der Waals surface area contributed by atoms with Crippen molar-refractivity contribution in [2.24, 2.45) is 11.7 Å². The van der Waals surface area contributed by atoms with Crippen LogP contribution in [0.25, 0.3) is 0 Å². The monoisotopic (exact) mass is 222 g/mol. The Labute approximate surface area is 87.3 Å². The average molecular weight is 222 g/mol. The van der Waals surface area contributed by atoms with Crippen LogP contribution >= 0.6 is 0 Å². The van der Waals surface area contributed by atoms with Gasteiger partial charge in [0, 0.05) is 6.54 Å². The highest BCUT2D eigenvalue weighted by Crippen LogP contribution is 2.01. The highest BCUT2D eigenvalue weighted by molar-refractivity contribution is 7.89. The Hall–Kier alpha value is -0.130. The van der Waals surface area contributed by atoms with Gasteiger partial charge in [0.1, 0.15) is 0 Å². The minimum Gasteiger partial charge on any atom is -0.330 e. The lowest BCUT2D eigenvalue weighted by atomic mass is 10.2. The molecule has 0 heterocycles. The van der Waals surface area contributed by atoms with Gasteiger partial charge >= 0.3 is 0 Å². The van der Waals surface area contributed by atoms with E-state index in [1.54, 1.807) is 0 Å². The summed E-state index contributed by atoms with van der Waals surface area (Å²) in [6, 6.07) is 0. The Morgan fingerprint density at radius 2 is 1.93 bits per heavy atom. The summed E-state index contributed by atoms with van der Waals surface area (Å²) in [6.07, 6.45) is 2.40. The van der Waals surface area contributed by atoms with E-state index in [4.69, 9.17) is 5.73 Å². The topological polar surface area (TPSA) is 72.2 Å². The lowest BCUT2D eigenvalue weighted by molar-refractivity contribution is 0.558. The van der Waals surface area contributed by atoms with E-state index in [0.717, 1.165) is 12.8 Å². The number of hydrogen-bond donors (Lipinski definition) is 2. The molecule has 0 atom stereocenters. The van der Waals surface area contributed by atoms with Crippen LogP contribution in [-0.2, 0) is 10.0 Å². The summed E-state index contributed by atoms with van der Waals surface area (Å²) in [7, 11) is -3.05. The molecule has 0 aliphatic heterocycles. The highest BCUT2D eigenvalue weighted by Gasteiger charge is 2.09. The van der Waals surface area contributed by atoms with E-state index in [0.29, 0.717) is 25.4 Å². The van der Waals surface area contributed by atoms with Crippen LogP contribution in [0.4, 0.5) is 0 Å². The van der Waals surface area contributed by atoms with Crippen LogP contribution < -0.4 is 10.5 Å². The summed E-state index contributed by atoms with van der Waals surface area (Å²) in [4.78, 5) is 0. The standard InChI is InChI=1S/C9H22N2O2S/c1-9(2)5-8-14(12,13)11-7-4-3-6-10/h9,11H,3-8,10H2,1-2H3. The zero-order valence-electron chi connectivity index (χ0n) is 9.12. The molecule has 0 saturated carbocycles. The maximum atomic E-state index is 11.4. The van der Waals surface area contributed by atoms with Gasteiger partial charge in [-0.1, -0.05) is 13.8 Å². The Bertz CT molecular complexity index is 225. The number of hydrogen-bond acceptors (Lipinski definition) is 3. The van der Waals surface area contributed by atoms with E-state index in [1.807, 2.05) is 13.8 Å². The summed E-state index contributed by atoms with van der Waals surface area (Å²) in [5.74, 6) is 0.656. The molecular weight excluding hydrogens is 200 g/mol. The van der Waals surface area contributed by atoms with E-state index >= 15 is 0 Å². The number of sulfonamides is 1. The fourth-order valence-electron chi connectivity index (χ4n) is 0.960. The van der Waals surface area contributed by atoms with Gasteiger partial charge < -0.3 is 5.73 Å². The Morgan fingerprint density at radius 1 is 1.29 bits per heavy atom. The lowest BCUT2D eigenvalue weighted by Gasteiger charge is -2.07. The lowest BCUT2D eigenvalue weighted by Crippen LogP contribution is -2.28. The quantitative estimate of drug-likeness (QED) is 0.594. The summed E-state index contributed by atoms with van der Waals surface area (Å²) in [6.45, 7) is 5.17. The minimum absolute atomic E-state index is 0.229. The fourth-order valence-corrected chi connectivity index (χ4v) is 2.34. The Balaban J connectivity index is 3.62. The van der Waals surface area contributed by atoms with Gasteiger partial charge in [0.05, 0.1) is 5.75 Å². The molecule has 0 bridgehead atoms. The Morgan fingerprint density at radius 3 is 2.43 bits per heavy atom. The maximum absolute atomic E-state index is 11.4. The average Bonchev–Trinajstić information content (AvgIpc) is 2.10. The molecule has 0 aromatic heterocycles. The Kier molecular flexibility index (Phi) is 7.13. The molecule has 0 aliphatic rings. The van der Waals surface area contributed by atoms with E-state index in [-0.39, 0.29) is 5.75 Å². The van der Waals surface area contributed by atoms with Crippen molar-refractivity contribution >= 4 is 10.0 Å². The van der Waals surface area contributed by atoms with Crippen molar-refractivity contribution in [3.63, 3.8) is 0 Å². The summed E-state index contributed by atoms with van der Waals surface area (Å²) >= 11 is 0. The van der Waals surface area contributed by atoms with Crippen molar-refractivity contribution < 1.29 is 8.42 Å². The molecule has 0 aromatic rings. The zero-order chi connectivity index (χ0) is 11.0. The van der Waals surface area contributed by atoms with E-state index in [2.05, 4.69) is 4.72 Å². The zero-order valence-corrected chi connectivity index (χ0v) is 9.94. The predicted octanol–water partition coefficient (Wildman–Crippen LogP) is 0.691. The molecule has 0 saturated heterocycles. The molecule has 0 unspecified atom stereocenters. The fraction of sp³-hybridized carbons (Fsp3) is 1.00. The van der Waals surface area contributed by atoms with Crippen LogP contribution in [0, 0.1) is 5.92 Å².